The average Bonchev–Trinajstić information content (AvgIpc) is 2.34. The molecule has 0 spiro atoms. The third kappa shape index (κ3) is 7.84. The number of carboxylic acids is 1. The molecule has 8 heteroatoms. The first kappa shape index (κ1) is 15.7. The number of carbonyl (C=O) groups excluding carboxylic acids is 3. The molecule has 1 saturated heterocycles. The number of hydrogen-bond donors (Lipinski definition) is 3. The third-order valence-corrected chi connectivity index (χ3v) is 1.28. The zero-order valence-corrected chi connectivity index (χ0v) is 9.78. The van der Waals surface area contributed by atoms with Crippen molar-refractivity contribution in [2.45, 2.75) is 18.9 Å². The van der Waals surface area contributed by atoms with Gasteiger partial charge in [-0.05, 0) is 6.42 Å². The van der Waals surface area contributed by atoms with E-state index in [4.69, 9.17) is 4.79 Å². The fourth-order valence-corrected chi connectivity index (χ4v) is 0.791. The number of rotatable bonds is 1. The summed E-state index contributed by atoms with van der Waals surface area (Å²) in [5.41, 5.74) is 8.50. The van der Waals surface area contributed by atoms with Crippen LogP contribution >= 0.6 is 0 Å². The molecule has 14 heavy (non-hydrogen) atoms. The maximum atomic E-state index is 10.4. The van der Waals surface area contributed by atoms with E-state index >= 15 is 0 Å². The number of amides is 3. The number of carbonyl (C=O) groups is 3. The molecule has 0 saturated carbocycles. The van der Waals surface area contributed by atoms with Crippen molar-refractivity contribution in [3.63, 3.8) is 0 Å². The molecule has 3 amide bonds. The largest absolute Gasteiger partial charge is 1.00 e. The summed E-state index contributed by atoms with van der Waals surface area (Å²) in [5.74, 6) is -1.40. The summed E-state index contributed by atoms with van der Waals surface area (Å²) >= 11 is 0. The van der Waals surface area contributed by atoms with Crippen molar-refractivity contribution in [1.29, 1.82) is 0 Å². The number of urea groups is 1. The first-order valence-corrected chi connectivity index (χ1v) is 3.48. The van der Waals surface area contributed by atoms with E-state index in [0.29, 0.717) is 12.8 Å². The van der Waals surface area contributed by atoms with Gasteiger partial charge in [-0.15, -0.1) is 0 Å². The van der Waals surface area contributed by atoms with Crippen LogP contribution in [0.25, 0.3) is 0 Å². The van der Waals surface area contributed by atoms with Crippen molar-refractivity contribution in [3.8, 4) is 0 Å². The van der Waals surface area contributed by atoms with Crippen molar-refractivity contribution in [2.24, 2.45) is 11.5 Å². The summed E-state index contributed by atoms with van der Waals surface area (Å²) in [6.45, 7) is 0. The number of primary amides is 2. The summed E-state index contributed by atoms with van der Waals surface area (Å²) in [6.07, 6.45) is 0.666. The molecule has 5 N–H and O–H groups in total. The van der Waals surface area contributed by atoms with E-state index in [1.165, 1.54) is 0 Å². The molecular formula is C6H10N3NaO4. The van der Waals surface area contributed by atoms with E-state index in [2.05, 4.69) is 16.8 Å². The Labute approximate surface area is 102 Å². The van der Waals surface area contributed by atoms with Crippen LogP contribution in [-0.4, -0.2) is 23.9 Å². The second-order valence-corrected chi connectivity index (χ2v) is 2.38. The quantitative estimate of drug-likeness (QED) is 0.371. The molecule has 1 rings (SSSR count). The summed E-state index contributed by atoms with van der Waals surface area (Å²) < 4.78 is 0. The predicted octanol–water partition coefficient (Wildman–Crippen LogP) is -5.96. The molecule has 0 aromatic heterocycles. The van der Waals surface area contributed by atoms with E-state index in [9.17, 15) is 14.7 Å². The van der Waals surface area contributed by atoms with Crippen molar-refractivity contribution < 1.29 is 49.0 Å². The molecule has 0 aromatic carbocycles. The van der Waals surface area contributed by atoms with Gasteiger partial charge in [0.25, 0.3) is 0 Å². The van der Waals surface area contributed by atoms with Crippen LogP contribution in [0.4, 0.5) is 4.79 Å². The Balaban J connectivity index is 0. The van der Waals surface area contributed by atoms with Gasteiger partial charge in [0.15, 0.2) is 0 Å². The smallest absolute Gasteiger partial charge is 0.548 e. The monoisotopic (exact) mass is 211 g/mol. The summed E-state index contributed by atoms with van der Waals surface area (Å²) in [4.78, 5) is 29.4. The molecule has 1 aliphatic rings. The van der Waals surface area contributed by atoms with Crippen LogP contribution < -0.4 is 51.4 Å². The molecule has 0 aromatic rings. The van der Waals surface area contributed by atoms with E-state index in [0.717, 1.165) is 0 Å². The van der Waals surface area contributed by atoms with Crippen LogP contribution in [-0.2, 0) is 9.59 Å². The van der Waals surface area contributed by atoms with Gasteiger partial charge in [0.05, 0.1) is 12.0 Å². The molecule has 7 nitrogen and oxygen atoms in total. The van der Waals surface area contributed by atoms with Gasteiger partial charge in [-0.3, -0.25) is 4.79 Å². The number of carboxylic acid groups (broad SMARTS) is 1. The van der Waals surface area contributed by atoms with Gasteiger partial charge in [-0.25, -0.2) is 4.79 Å². The number of nitrogens with two attached hydrogens (primary N) is 2. The minimum atomic E-state index is -1.19. The van der Waals surface area contributed by atoms with Crippen LogP contribution in [0.3, 0.4) is 0 Å². The Morgan fingerprint density at radius 2 is 1.86 bits per heavy atom. The van der Waals surface area contributed by atoms with E-state index in [1.54, 1.807) is 0 Å². The number of hydrogen-bond acceptors (Lipinski definition) is 4. The Kier molecular flexibility index (Phi) is 8.51. The van der Waals surface area contributed by atoms with Crippen molar-refractivity contribution >= 4 is 17.9 Å². The standard InChI is InChI=1S/C5H7NO3.CH4N2O.Na/c7-4-2-1-3(6-4)5(8)9;2-1(3)4;/h3H,1-2H2,(H,6,7)(H,8,9);(H4,2,3,4);/q;;+1/p-1. The van der Waals surface area contributed by atoms with Gasteiger partial charge >= 0.3 is 35.6 Å². The first-order valence-electron chi connectivity index (χ1n) is 3.48. The summed E-state index contributed by atoms with van der Waals surface area (Å²) in [6, 6.07) is -1.59. The van der Waals surface area contributed by atoms with Gasteiger partial charge < -0.3 is 26.7 Å². The van der Waals surface area contributed by atoms with Gasteiger partial charge in [0.1, 0.15) is 0 Å². The Morgan fingerprint density at radius 1 is 1.43 bits per heavy atom. The van der Waals surface area contributed by atoms with E-state index < -0.39 is 18.0 Å². The third-order valence-electron chi connectivity index (χ3n) is 1.28. The van der Waals surface area contributed by atoms with E-state index in [-0.39, 0.29) is 35.5 Å². The van der Waals surface area contributed by atoms with Gasteiger partial charge in [0.2, 0.25) is 5.91 Å². The van der Waals surface area contributed by atoms with Crippen molar-refractivity contribution in [1.82, 2.24) is 5.32 Å². The molecule has 1 aliphatic heterocycles. The normalized spacial score (nSPS) is 18.3. The van der Waals surface area contributed by atoms with Gasteiger partial charge in [-0.2, -0.15) is 0 Å². The Bertz CT molecular complexity index is 229. The molecule has 0 bridgehead atoms. The molecule has 0 aliphatic carbocycles. The van der Waals surface area contributed by atoms with Gasteiger partial charge in [0, 0.05) is 6.42 Å². The van der Waals surface area contributed by atoms with Crippen LogP contribution in [0.15, 0.2) is 0 Å². The zero-order chi connectivity index (χ0) is 10.4. The fourth-order valence-electron chi connectivity index (χ4n) is 0.791. The molecule has 1 fully saturated rings. The van der Waals surface area contributed by atoms with Crippen LogP contribution in [0.1, 0.15) is 12.8 Å². The predicted molar refractivity (Wildman–Crippen MR) is 39.9 cm³/mol. The number of nitrogens with one attached hydrogen (secondary N) is 1. The Hall–Kier alpha value is -0.790. The average molecular weight is 211 g/mol. The maximum absolute atomic E-state index is 10.4. The zero-order valence-electron chi connectivity index (χ0n) is 7.78. The fraction of sp³-hybridized carbons (Fsp3) is 0.500. The maximum Gasteiger partial charge on any atom is 1.00 e. The Morgan fingerprint density at radius 3 is 2.00 bits per heavy atom. The second-order valence-electron chi connectivity index (χ2n) is 2.38. The molecule has 1 unspecified atom stereocenters. The van der Waals surface area contributed by atoms with Crippen LogP contribution in [0, 0.1) is 0 Å². The van der Waals surface area contributed by atoms with Crippen LogP contribution in [0.2, 0.25) is 0 Å². The minimum absolute atomic E-state index is 0. The molecule has 1 atom stereocenters. The van der Waals surface area contributed by atoms with Crippen LogP contribution in [0.5, 0.6) is 0 Å². The minimum Gasteiger partial charge on any atom is -0.548 e. The molecule has 0 radical (unpaired) electrons. The summed E-state index contributed by atoms with van der Waals surface area (Å²) in [5, 5.41) is 12.3. The second kappa shape index (κ2) is 7.60. The first-order chi connectivity index (χ1) is 5.93. The molecule has 1 heterocycles. The SMILES string of the molecule is NC(N)=O.O=C1CCC(C(=O)[O-])N1.[Na+]. The van der Waals surface area contributed by atoms with Crippen molar-refractivity contribution in [3.05, 3.63) is 0 Å². The topological polar surface area (TPSA) is 138 Å². The van der Waals surface area contributed by atoms with Crippen molar-refractivity contribution in [2.75, 3.05) is 0 Å². The molecular weight excluding hydrogens is 201 g/mol. The number of aliphatic carboxylic acids is 1. The van der Waals surface area contributed by atoms with Gasteiger partial charge in [-0.1, -0.05) is 0 Å². The summed E-state index contributed by atoms with van der Waals surface area (Å²) in [7, 11) is 0. The van der Waals surface area contributed by atoms with E-state index in [1.807, 2.05) is 0 Å². The molecule has 74 valence electrons.